The van der Waals surface area contributed by atoms with E-state index in [9.17, 15) is 4.79 Å². The molecule has 96 valence electrons. The summed E-state index contributed by atoms with van der Waals surface area (Å²) in [5.74, 6) is 0.137. The number of thiophene rings is 1. The van der Waals surface area contributed by atoms with Crippen molar-refractivity contribution < 1.29 is 4.79 Å². The minimum absolute atomic E-state index is 0.137. The lowest BCUT2D eigenvalue weighted by molar-refractivity contribution is 0.0983. The molecule has 0 atom stereocenters. The monoisotopic (exact) mass is 326 g/mol. The summed E-state index contributed by atoms with van der Waals surface area (Å²) in [6, 6.07) is 5.87. The van der Waals surface area contributed by atoms with Crippen LogP contribution in [0.15, 0.2) is 22.0 Å². The molecule has 0 aliphatic rings. The molecule has 0 fully saturated rings. The summed E-state index contributed by atoms with van der Waals surface area (Å²) in [5.41, 5.74) is 1.70. The Labute approximate surface area is 119 Å². The van der Waals surface area contributed by atoms with Gasteiger partial charge in [-0.3, -0.25) is 9.48 Å². The van der Waals surface area contributed by atoms with Gasteiger partial charge in [0, 0.05) is 17.8 Å². The summed E-state index contributed by atoms with van der Waals surface area (Å²) in [5, 5.41) is 4.41. The third-order valence-electron chi connectivity index (χ3n) is 2.74. The summed E-state index contributed by atoms with van der Waals surface area (Å²) in [7, 11) is 0. The Morgan fingerprint density at radius 1 is 1.44 bits per heavy atom. The van der Waals surface area contributed by atoms with Gasteiger partial charge in [-0.2, -0.15) is 5.10 Å². The molecular formula is C13H15BrN2OS. The van der Waals surface area contributed by atoms with E-state index in [0.29, 0.717) is 6.42 Å². The zero-order valence-corrected chi connectivity index (χ0v) is 12.8. The molecule has 0 bridgehead atoms. The highest BCUT2D eigenvalue weighted by Gasteiger charge is 2.15. The lowest BCUT2D eigenvalue weighted by Crippen LogP contribution is -2.11. The van der Waals surface area contributed by atoms with Crippen LogP contribution in [0.4, 0.5) is 0 Å². The lowest BCUT2D eigenvalue weighted by atomic mass is 10.1. The summed E-state index contributed by atoms with van der Waals surface area (Å²) < 4.78 is 2.85. The van der Waals surface area contributed by atoms with E-state index in [1.54, 1.807) is 16.0 Å². The maximum atomic E-state index is 12.3. The van der Waals surface area contributed by atoms with Crippen LogP contribution in [-0.2, 0) is 19.4 Å². The molecule has 0 spiro atoms. The Hall–Kier alpha value is -0.940. The van der Waals surface area contributed by atoms with Crippen molar-refractivity contribution in [2.24, 2.45) is 0 Å². The van der Waals surface area contributed by atoms with E-state index in [-0.39, 0.29) is 5.78 Å². The maximum absolute atomic E-state index is 12.3. The molecule has 2 rings (SSSR count). The molecule has 2 heterocycles. The van der Waals surface area contributed by atoms with E-state index in [0.717, 1.165) is 33.0 Å². The summed E-state index contributed by atoms with van der Waals surface area (Å²) in [4.78, 5) is 13.3. The number of carbonyl (C=O) groups is 1. The minimum atomic E-state index is 0.137. The zero-order chi connectivity index (χ0) is 13.1. The first-order valence-corrected chi connectivity index (χ1v) is 7.59. The Bertz CT molecular complexity index is 559. The van der Waals surface area contributed by atoms with Crippen molar-refractivity contribution in [3.05, 3.63) is 38.3 Å². The van der Waals surface area contributed by atoms with E-state index >= 15 is 0 Å². The number of halogens is 1. The topological polar surface area (TPSA) is 34.9 Å². The summed E-state index contributed by atoms with van der Waals surface area (Å²) >= 11 is 5.01. The van der Waals surface area contributed by atoms with Crippen LogP contribution in [0.1, 0.15) is 34.9 Å². The summed E-state index contributed by atoms with van der Waals surface area (Å²) in [6.45, 7) is 4.78. The molecule has 0 saturated carbocycles. The smallest absolute Gasteiger partial charge is 0.186 e. The van der Waals surface area contributed by atoms with Crippen LogP contribution in [-0.4, -0.2) is 15.6 Å². The number of hydrogen-bond acceptors (Lipinski definition) is 3. The highest BCUT2D eigenvalue weighted by Crippen LogP contribution is 2.23. The van der Waals surface area contributed by atoms with Gasteiger partial charge >= 0.3 is 0 Å². The van der Waals surface area contributed by atoms with Crippen molar-refractivity contribution >= 4 is 33.0 Å². The van der Waals surface area contributed by atoms with Crippen molar-refractivity contribution in [1.82, 2.24) is 9.78 Å². The number of aromatic nitrogens is 2. The predicted molar refractivity (Wildman–Crippen MR) is 77.3 cm³/mol. The first-order chi connectivity index (χ1) is 8.63. The molecule has 2 aromatic heterocycles. The predicted octanol–water partition coefficient (Wildman–Crippen LogP) is 3.71. The zero-order valence-electron chi connectivity index (χ0n) is 10.4. The molecule has 18 heavy (non-hydrogen) atoms. The fourth-order valence-electron chi connectivity index (χ4n) is 1.80. The van der Waals surface area contributed by atoms with Crippen LogP contribution in [0.2, 0.25) is 0 Å². The first kappa shape index (κ1) is 13.5. The highest BCUT2D eigenvalue weighted by atomic mass is 79.9. The van der Waals surface area contributed by atoms with Gasteiger partial charge in [0.05, 0.1) is 9.48 Å². The third-order valence-corrected chi connectivity index (χ3v) is 4.37. The van der Waals surface area contributed by atoms with Crippen LogP contribution in [0.3, 0.4) is 0 Å². The molecule has 0 aliphatic heterocycles. The molecule has 0 radical (unpaired) electrons. The first-order valence-electron chi connectivity index (χ1n) is 5.98. The van der Waals surface area contributed by atoms with Gasteiger partial charge in [0.2, 0.25) is 0 Å². The van der Waals surface area contributed by atoms with Crippen LogP contribution in [0.25, 0.3) is 0 Å². The van der Waals surface area contributed by atoms with Crippen molar-refractivity contribution in [2.75, 3.05) is 0 Å². The second-order valence-corrected chi connectivity index (χ2v) is 6.54. The molecular weight excluding hydrogens is 312 g/mol. The number of carbonyl (C=O) groups excluding carboxylic acids is 1. The number of rotatable bonds is 5. The van der Waals surface area contributed by atoms with Crippen LogP contribution in [0, 0.1) is 0 Å². The van der Waals surface area contributed by atoms with Crippen molar-refractivity contribution in [2.45, 2.75) is 33.2 Å². The van der Waals surface area contributed by atoms with Gasteiger partial charge in [-0.05, 0) is 47.5 Å². The maximum Gasteiger partial charge on any atom is 0.186 e. The van der Waals surface area contributed by atoms with Crippen molar-refractivity contribution in [3.8, 4) is 0 Å². The van der Waals surface area contributed by atoms with Gasteiger partial charge in [0.15, 0.2) is 5.78 Å². The fraction of sp³-hybridized carbons (Fsp3) is 0.385. The van der Waals surface area contributed by atoms with Gasteiger partial charge in [0.1, 0.15) is 5.69 Å². The normalized spacial score (nSPS) is 10.8. The number of ketones is 1. The second-order valence-electron chi connectivity index (χ2n) is 4.00. The lowest BCUT2D eigenvalue weighted by Gasteiger charge is -2.02. The highest BCUT2D eigenvalue weighted by molar-refractivity contribution is 9.11. The van der Waals surface area contributed by atoms with E-state index in [4.69, 9.17) is 0 Å². The number of Topliss-reactive ketones (excluding diaryl/α,β-unsaturated/α-hetero) is 1. The molecule has 2 aromatic rings. The molecule has 3 nitrogen and oxygen atoms in total. The fourth-order valence-corrected chi connectivity index (χ4v) is 3.29. The average Bonchev–Trinajstić information content (AvgIpc) is 2.95. The largest absolute Gasteiger partial charge is 0.292 e. The molecule has 0 unspecified atom stereocenters. The van der Waals surface area contributed by atoms with Crippen molar-refractivity contribution in [1.29, 1.82) is 0 Å². The number of nitrogens with zero attached hydrogens (tertiary/aromatic N) is 2. The van der Waals surface area contributed by atoms with Gasteiger partial charge in [0.25, 0.3) is 0 Å². The van der Waals surface area contributed by atoms with E-state index < -0.39 is 0 Å². The molecule has 0 aliphatic carbocycles. The quantitative estimate of drug-likeness (QED) is 0.785. The Balaban J connectivity index is 2.20. The molecule has 0 saturated heterocycles. The van der Waals surface area contributed by atoms with E-state index in [2.05, 4.69) is 21.0 Å². The molecule has 5 heteroatoms. The summed E-state index contributed by atoms with van der Waals surface area (Å²) in [6.07, 6.45) is 1.31. The molecule has 0 N–H and O–H groups in total. The van der Waals surface area contributed by atoms with Gasteiger partial charge < -0.3 is 0 Å². The standard InChI is InChI=1S/C13H15BrN2OS/c1-3-9-7-11(16(4-2)15-9)12(17)8-10-5-6-13(14)18-10/h5-7H,3-4,8H2,1-2H3. The van der Waals surface area contributed by atoms with E-state index in [1.165, 1.54) is 0 Å². The van der Waals surface area contributed by atoms with E-state index in [1.807, 2.05) is 32.0 Å². The van der Waals surface area contributed by atoms with Gasteiger partial charge in [-0.25, -0.2) is 0 Å². The number of hydrogen-bond donors (Lipinski definition) is 0. The van der Waals surface area contributed by atoms with Gasteiger partial charge in [-0.15, -0.1) is 11.3 Å². The Kier molecular flexibility index (Phi) is 4.35. The second kappa shape index (κ2) is 5.80. The van der Waals surface area contributed by atoms with Gasteiger partial charge in [-0.1, -0.05) is 6.92 Å². The molecule has 0 amide bonds. The Morgan fingerprint density at radius 2 is 2.22 bits per heavy atom. The minimum Gasteiger partial charge on any atom is -0.292 e. The third kappa shape index (κ3) is 2.90. The number of aryl methyl sites for hydroxylation is 2. The van der Waals surface area contributed by atoms with Crippen LogP contribution < -0.4 is 0 Å². The average molecular weight is 327 g/mol. The van der Waals surface area contributed by atoms with Crippen LogP contribution >= 0.6 is 27.3 Å². The van der Waals surface area contributed by atoms with Crippen molar-refractivity contribution in [3.63, 3.8) is 0 Å². The van der Waals surface area contributed by atoms with Crippen LogP contribution in [0.5, 0.6) is 0 Å². The molecule has 0 aromatic carbocycles. The Morgan fingerprint density at radius 3 is 2.78 bits per heavy atom. The SMILES string of the molecule is CCc1cc(C(=O)Cc2ccc(Br)s2)n(CC)n1.